The van der Waals surface area contributed by atoms with Crippen LogP contribution in [0, 0.1) is 19.8 Å². The molecule has 2 heterocycles. The number of hydrogen-bond acceptors (Lipinski definition) is 5. The molecule has 1 aromatic heterocycles. The van der Waals surface area contributed by atoms with E-state index in [0.29, 0.717) is 12.0 Å². The molecular formula is C22H40IN5OS. The zero-order valence-corrected chi connectivity index (χ0v) is 22.2. The van der Waals surface area contributed by atoms with E-state index in [1.165, 1.54) is 37.9 Å². The maximum Gasteiger partial charge on any atom is 0.208 e. The van der Waals surface area contributed by atoms with Gasteiger partial charge in [-0.05, 0) is 77.6 Å². The molecule has 172 valence electrons. The van der Waals surface area contributed by atoms with Crippen LogP contribution in [0.4, 0.5) is 0 Å². The van der Waals surface area contributed by atoms with Crippen molar-refractivity contribution in [2.45, 2.75) is 77.6 Å². The lowest BCUT2D eigenvalue weighted by Crippen LogP contribution is -2.43. The molecule has 0 amide bonds. The van der Waals surface area contributed by atoms with E-state index >= 15 is 0 Å². The van der Waals surface area contributed by atoms with E-state index in [0.717, 1.165) is 61.3 Å². The number of nitrogens with zero attached hydrogens (tertiary/aromatic N) is 3. The van der Waals surface area contributed by atoms with Crippen molar-refractivity contribution >= 4 is 41.7 Å². The molecule has 2 N–H and O–H groups in total. The van der Waals surface area contributed by atoms with Crippen LogP contribution in [0.5, 0.6) is 0 Å². The first-order valence-electron chi connectivity index (χ1n) is 11.4. The molecule has 2 aliphatic rings. The number of thioether (sulfide) groups is 1. The number of aromatic nitrogens is 1. The summed E-state index contributed by atoms with van der Waals surface area (Å²) in [4.78, 5) is 11.9. The van der Waals surface area contributed by atoms with Crippen molar-refractivity contribution in [2.24, 2.45) is 10.9 Å². The molecule has 1 saturated carbocycles. The lowest BCUT2D eigenvalue weighted by Gasteiger charge is -2.30. The smallest absolute Gasteiger partial charge is 0.208 e. The molecule has 0 radical (unpaired) electrons. The van der Waals surface area contributed by atoms with Gasteiger partial charge in [0, 0.05) is 24.4 Å². The van der Waals surface area contributed by atoms with Gasteiger partial charge in [0.1, 0.15) is 5.76 Å². The zero-order chi connectivity index (χ0) is 20.6. The number of aryl methyl sites for hydroxylation is 2. The summed E-state index contributed by atoms with van der Waals surface area (Å²) in [5.41, 5.74) is 1.01. The topological polar surface area (TPSA) is 65.7 Å². The second kappa shape index (κ2) is 13.2. The highest BCUT2D eigenvalue weighted by atomic mass is 127. The molecule has 1 aliphatic carbocycles. The normalized spacial score (nSPS) is 23.4. The predicted molar refractivity (Wildman–Crippen MR) is 138 cm³/mol. The molecule has 3 rings (SSSR count). The Hall–Kier alpha value is -0.480. The van der Waals surface area contributed by atoms with Gasteiger partial charge in [0.15, 0.2) is 5.96 Å². The number of guanidine groups is 1. The Balaban J connectivity index is 0.00000320. The van der Waals surface area contributed by atoms with Gasteiger partial charge in [-0.2, -0.15) is 11.8 Å². The summed E-state index contributed by atoms with van der Waals surface area (Å²) in [6, 6.07) is 0.575. The van der Waals surface area contributed by atoms with Gasteiger partial charge in [0.25, 0.3) is 0 Å². The predicted octanol–water partition coefficient (Wildman–Crippen LogP) is 4.35. The minimum absolute atomic E-state index is 0. The Morgan fingerprint density at radius 3 is 2.60 bits per heavy atom. The molecule has 1 aliphatic heterocycles. The molecule has 1 aromatic rings. The van der Waals surface area contributed by atoms with E-state index in [1.807, 2.05) is 13.8 Å². The summed E-state index contributed by atoms with van der Waals surface area (Å²) >= 11 is 2.11. The number of rotatable bonds is 8. The molecule has 2 fully saturated rings. The number of likely N-dealkylation sites (tertiary alicyclic amines) is 1. The van der Waals surface area contributed by atoms with Crippen molar-refractivity contribution in [3.63, 3.8) is 0 Å². The number of aliphatic imine (C=N–C) groups is 1. The van der Waals surface area contributed by atoms with Gasteiger partial charge < -0.3 is 15.1 Å². The summed E-state index contributed by atoms with van der Waals surface area (Å²) in [5, 5.41) is 7.95. The lowest BCUT2D eigenvalue weighted by atomic mass is 9.97. The Kier molecular flexibility index (Phi) is 11.3. The van der Waals surface area contributed by atoms with Crippen LogP contribution in [0.15, 0.2) is 9.41 Å². The lowest BCUT2D eigenvalue weighted by molar-refractivity contribution is 0.166. The molecule has 8 heteroatoms. The van der Waals surface area contributed by atoms with Crippen LogP contribution in [-0.4, -0.2) is 59.1 Å². The Morgan fingerprint density at radius 1 is 1.20 bits per heavy atom. The fourth-order valence-corrected chi connectivity index (χ4v) is 5.46. The van der Waals surface area contributed by atoms with E-state index in [-0.39, 0.29) is 24.0 Å². The van der Waals surface area contributed by atoms with Crippen LogP contribution in [-0.2, 0) is 6.54 Å². The van der Waals surface area contributed by atoms with Crippen LogP contribution in [0.25, 0.3) is 0 Å². The molecule has 1 saturated heterocycles. The summed E-state index contributed by atoms with van der Waals surface area (Å²) in [6.45, 7) is 13.3. The van der Waals surface area contributed by atoms with E-state index in [9.17, 15) is 0 Å². The third-order valence-electron chi connectivity index (χ3n) is 6.12. The average Bonchev–Trinajstić information content (AvgIpc) is 3.27. The summed E-state index contributed by atoms with van der Waals surface area (Å²) in [5.74, 6) is 4.69. The van der Waals surface area contributed by atoms with Crippen LogP contribution in [0.1, 0.15) is 63.3 Å². The second-order valence-corrected chi connectivity index (χ2v) is 10.00. The highest BCUT2D eigenvalue weighted by Gasteiger charge is 2.25. The highest BCUT2D eigenvalue weighted by Crippen LogP contribution is 2.29. The highest BCUT2D eigenvalue weighted by molar-refractivity contribution is 14.0. The van der Waals surface area contributed by atoms with Crippen LogP contribution in [0.2, 0.25) is 0 Å². The van der Waals surface area contributed by atoms with Crippen molar-refractivity contribution < 1.29 is 4.42 Å². The third-order valence-corrected chi connectivity index (χ3v) is 7.35. The van der Waals surface area contributed by atoms with E-state index in [1.54, 1.807) is 0 Å². The maximum absolute atomic E-state index is 5.74. The van der Waals surface area contributed by atoms with E-state index in [4.69, 9.17) is 9.41 Å². The first-order chi connectivity index (χ1) is 14.1. The molecule has 0 spiro atoms. The maximum atomic E-state index is 5.74. The van der Waals surface area contributed by atoms with Crippen molar-refractivity contribution in [1.82, 2.24) is 20.5 Å². The van der Waals surface area contributed by atoms with Gasteiger partial charge in [0.05, 0.1) is 12.2 Å². The monoisotopic (exact) mass is 549 g/mol. The van der Waals surface area contributed by atoms with Crippen LogP contribution in [0.3, 0.4) is 0 Å². The fraction of sp³-hybridized carbons (Fsp3) is 0.818. The molecule has 0 bridgehead atoms. The van der Waals surface area contributed by atoms with Gasteiger partial charge in [0.2, 0.25) is 5.89 Å². The molecule has 30 heavy (non-hydrogen) atoms. The van der Waals surface area contributed by atoms with Gasteiger partial charge in [-0.25, -0.2) is 4.98 Å². The fourth-order valence-electron chi connectivity index (χ4n) is 4.32. The summed E-state index contributed by atoms with van der Waals surface area (Å²) in [6.07, 6.45) is 6.25. The van der Waals surface area contributed by atoms with Crippen LogP contribution >= 0.6 is 35.7 Å². The molecular weight excluding hydrogens is 509 g/mol. The minimum atomic E-state index is 0. The first kappa shape index (κ1) is 25.8. The number of oxazole rings is 1. The number of nitrogens with one attached hydrogen (secondary N) is 2. The minimum Gasteiger partial charge on any atom is -0.444 e. The number of piperidine rings is 1. The molecule has 2 unspecified atom stereocenters. The third kappa shape index (κ3) is 7.89. The number of hydrogen-bond donors (Lipinski definition) is 2. The zero-order valence-electron chi connectivity index (χ0n) is 19.1. The SMILES string of the molecule is CCNC(=NCC1CCN(Cc2nc(C)c(C)o2)CC1)NC1CCC(SCC)C1.I. The van der Waals surface area contributed by atoms with Crippen molar-refractivity contribution in [2.75, 3.05) is 31.9 Å². The van der Waals surface area contributed by atoms with Gasteiger partial charge >= 0.3 is 0 Å². The Morgan fingerprint density at radius 2 is 1.97 bits per heavy atom. The standard InChI is InChI=1S/C22H39N5OS.HI/c1-5-23-22(26-19-7-8-20(13-19)29-6-2)24-14-18-9-11-27(12-10-18)15-21-25-16(3)17(4)28-21;/h18-20H,5-15H2,1-4H3,(H2,23,24,26);1H. The summed E-state index contributed by atoms with van der Waals surface area (Å²) < 4.78 is 5.74. The van der Waals surface area contributed by atoms with Crippen molar-refractivity contribution in [3.05, 3.63) is 17.3 Å². The first-order valence-corrected chi connectivity index (χ1v) is 12.4. The van der Waals surface area contributed by atoms with Crippen molar-refractivity contribution in [3.8, 4) is 0 Å². The second-order valence-electron chi connectivity index (χ2n) is 8.42. The number of halogens is 1. The quantitative estimate of drug-likeness (QED) is 0.286. The van der Waals surface area contributed by atoms with Gasteiger partial charge in [-0.3, -0.25) is 9.89 Å². The van der Waals surface area contributed by atoms with Crippen molar-refractivity contribution in [1.29, 1.82) is 0 Å². The molecule has 6 nitrogen and oxygen atoms in total. The van der Waals surface area contributed by atoms with E-state index < -0.39 is 0 Å². The van der Waals surface area contributed by atoms with Gasteiger partial charge in [-0.15, -0.1) is 24.0 Å². The Labute approximate surface area is 203 Å². The molecule has 2 atom stereocenters. The molecule has 0 aromatic carbocycles. The van der Waals surface area contributed by atoms with Crippen LogP contribution < -0.4 is 10.6 Å². The van der Waals surface area contributed by atoms with Gasteiger partial charge in [-0.1, -0.05) is 6.92 Å². The summed E-state index contributed by atoms with van der Waals surface area (Å²) in [7, 11) is 0. The Bertz CT molecular complexity index is 640. The average molecular weight is 550 g/mol. The van der Waals surface area contributed by atoms with E-state index in [2.05, 4.69) is 46.1 Å². The largest absolute Gasteiger partial charge is 0.444 e.